The average molecular weight is 354 g/mol. The molecule has 0 saturated carbocycles. The summed E-state index contributed by atoms with van der Waals surface area (Å²) in [5, 5.41) is 2.88. The first-order chi connectivity index (χ1) is 12.5. The number of piperidine rings is 1. The van der Waals surface area contributed by atoms with Crippen LogP contribution < -0.4 is 21.5 Å². The zero-order chi connectivity index (χ0) is 18.3. The van der Waals surface area contributed by atoms with Crippen molar-refractivity contribution in [1.29, 1.82) is 0 Å². The standard InChI is InChI=1S/C18H22N6O2/c1-11(25)21-8-15-13-7-12(14-3-2-4-17(26)24(14)15)9-23(10-13)18-20-6-5-16(19)22-18/h2-6,12-13,15H,7-10H2,1H3,(H,21,25)(H2,19,20,22)/t12-,13+,15+/m1/s1. The van der Waals surface area contributed by atoms with Crippen LogP contribution in [0, 0.1) is 5.92 Å². The Labute approximate surface area is 151 Å². The summed E-state index contributed by atoms with van der Waals surface area (Å²) in [5.41, 5.74) is 6.81. The molecular formula is C18H22N6O2. The van der Waals surface area contributed by atoms with Gasteiger partial charge in [0.25, 0.3) is 5.56 Å². The number of hydrogen-bond donors (Lipinski definition) is 2. The van der Waals surface area contributed by atoms with Gasteiger partial charge in [0.1, 0.15) is 5.82 Å². The topological polar surface area (TPSA) is 106 Å². The lowest BCUT2D eigenvalue weighted by molar-refractivity contribution is -0.119. The second kappa shape index (κ2) is 6.44. The van der Waals surface area contributed by atoms with Crippen molar-refractivity contribution in [3.8, 4) is 0 Å². The first kappa shape index (κ1) is 16.6. The molecule has 4 rings (SSSR count). The van der Waals surface area contributed by atoms with Crippen LogP contribution in [0.2, 0.25) is 0 Å². The number of carbonyl (C=O) groups is 1. The van der Waals surface area contributed by atoms with Crippen LogP contribution >= 0.6 is 0 Å². The molecule has 2 aromatic rings. The monoisotopic (exact) mass is 354 g/mol. The van der Waals surface area contributed by atoms with Gasteiger partial charge in [-0.05, 0) is 24.5 Å². The third-order valence-corrected chi connectivity index (χ3v) is 5.31. The van der Waals surface area contributed by atoms with E-state index in [0.29, 0.717) is 18.3 Å². The number of pyridine rings is 1. The number of carbonyl (C=O) groups excluding carboxylic acids is 1. The average Bonchev–Trinajstić information content (AvgIpc) is 2.62. The molecule has 8 heteroatoms. The van der Waals surface area contributed by atoms with Crippen LogP contribution in [0.3, 0.4) is 0 Å². The smallest absolute Gasteiger partial charge is 0.251 e. The van der Waals surface area contributed by atoms with E-state index in [-0.39, 0.29) is 29.3 Å². The quantitative estimate of drug-likeness (QED) is 0.832. The number of fused-ring (bicyclic) bond motifs is 4. The maximum Gasteiger partial charge on any atom is 0.251 e. The zero-order valence-electron chi connectivity index (χ0n) is 14.6. The fourth-order valence-electron chi connectivity index (χ4n) is 4.23. The molecule has 2 aromatic heterocycles. The first-order valence-corrected chi connectivity index (χ1v) is 8.82. The van der Waals surface area contributed by atoms with Gasteiger partial charge in [-0.2, -0.15) is 4.98 Å². The summed E-state index contributed by atoms with van der Waals surface area (Å²) in [6.07, 6.45) is 2.64. The van der Waals surface area contributed by atoms with E-state index < -0.39 is 0 Å². The van der Waals surface area contributed by atoms with Crippen molar-refractivity contribution >= 4 is 17.7 Å². The third-order valence-electron chi connectivity index (χ3n) is 5.31. The highest BCUT2D eigenvalue weighted by Gasteiger charge is 2.41. The van der Waals surface area contributed by atoms with Crippen LogP contribution in [0.25, 0.3) is 0 Å². The van der Waals surface area contributed by atoms with Crippen LogP contribution in [0.15, 0.2) is 35.3 Å². The highest BCUT2D eigenvalue weighted by Crippen LogP contribution is 2.41. The minimum Gasteiger partial charge on any atom is -0.384 e. The number of hydrogen-bond acceptors (Lipinski definition) is 6. The van der Waals surface area contributed by atoms with Crippen LogP contribution in [0.4, 0.5) is 11.8 Å². The predicted molar refractivity (Wildman–Crippen MR) is 97.9 cm³/mol. The van der Waals surface area contributed by atoms with E-state index in [2.05, 4.69) is 20.2 Å². The van der Waals surface area contributed by atoms with Gasteiger partial charge in [-0.25, -0.2) is 4.98 Å². The summed E-state index contributed by atoms with van der Waals surface area (Å²) in [5.74, 6) is 1.41. The van der Waals surface area contributed by atoms with Crippen molar-refractivity contribution in [2.24, 2.45) is 5.92 Å². The van der Waals surface area contributed by atoms with Gasteiger partial charge < -0.3 is 20.5 Å². The van der Waals surface area contributed by atoms with E-state index in [0.717, 1.165) is 25.2 Å². The molecule has 0 aromatic carbocycles. The third kappa shape index (κ3) is 2.91. The fourth-order valence-corrected chi connectivity index (χ4v) is 4.23. The molecule has 3 N–H and O–H groups in total. The number of nitrogens with zero attached hydrogens (tertiary/aromatic N) is 4. The molecule has 2 aliphatic rings. The Hall–Kier alpha value is -2.90. The minimum atomic E-state index is -0.0931. The maximum atomic E-state index is 12.5. The van der Waals surface area contributed by atoms with Crippen molar-refractivity contribution in [2.45, 2.75) is 25.3 Å². The molecular weight excluding hydrogens is 332 g/mol. The molecule has 0 radical (unpaired) electrons. The van der Waals surface area contributed by atoms with Gasteiger partial charge in [-0.15, -0.1) is 0 Å². The summed E-state index contributed by atoms with van der Waals surface area (Å²) in [4.78, 5) is 34.8. The number of aromatic nitrogens is 3. The van der Waals surface area contributed by atoms with E-state index in [9.17, 15) is 9.59 Å². The number of rotatable bonds is 3. The van der Waals surface area contributed by atoms with E-state index >= 15 is 0 Å². The lowest BCUT2D eigenvalue weighted by atomic mass is 9.78. The summed E-state index contributed by atoms with van der Waals surface area (Å²) in [6.45, 7) is 3.41. The van der Waals surface area contributed by atoms with E-state index in [1.807, 2.05) is 10.6 Å². The largest absolute Gasteiger partial charge is 0.384 e. The van der Waals surface area contributed by atoms with Gasteiger partial charge in [0.15, 0.2) is 0 Å². The Morgan fingerprint density at radius 3 is 2.96 bits per heavy atom. The summed E-state index contributed by atoms with van der Waals surface area (Å²) in [6, 6.07) is 6.99. The molecule has 0 unspecified atom stereocenters. The van der Waals surface area contributed by atoms with Gasteiger partial charge in [0, 0.05) is 50.4 Å². The Bertz CT molecular complexity index is 895. The van der Waals surface area contributed by atoms with Crippen LogP contribution in [0.5, 0.6) is 0 Å². The summed E-state index contributed by atoms with van der Waals surface area (Å²) < 4.78 is 1.87. The van der Waals surface area contributed by atoms with Gasteiger partial charge in [-0.3, -0.25) is 9.59 Å². The van der Waals surface area contributed by atoms with Crippen molar-refractivity contribution < 1.29 is 4.79 Å². The van der Waals surface area contributed by atoms with Crippen molar-refractivity contribution in [3.05, 3.63) is 46.5 Å². The number of nitrogen functional groups attached to an aromatic ring is 1. The summed E-state index contributed by atoms with van der Waals surface area (Å²) in [7, 11) is 0. The van der Waals surface area contributed by atoms with Gasteiger partial charge in [-0.1, -0.05) is 6.07 Å². The lowest BCUT2D eigenvalue weighted by Gasteiger charge is -2.47. The van der Waals surface area contributed by atoms with E-state index in [1.54, 1.807) is 24.4 Å². The second-order valence-electron chi connectivity index (χ2n) is 7.04. The number of anilines is 2. The zero-order valence-corrected chi connectivity index (χ0v) is 14.6. The van der Waals surface area contributed by atoms with Crippen molar-refractivity contribution in [1.82, 2.24) is 19.9 Å². The molecule has 0 aliphatic carbocycles. The fraction of sp³-hybridized carbons (Fsp3) is 0.444. The van der Waals surface area contributed by atoms with Crippen LogP contribution in [-0.4, -0.2) is 40.1 Å². The van der Waals surface area contributed by atoms with Gasteiger partial charge in [0.2, 0.25) is 11.9 Å². The Morgan fingerprint density at radius 1 is 1.35 bits per heavy atom. The van der Waals surface area contributed by atoms with Gasteiger partial charge in [0.05, 0.1) is 6.04 Å². The number of nitrogens with one attached hydrogen (secondary N) is 1. The number of amides is 1. The molecule has 136 valence electrons. The van der Waals surface area contributed by atoms with Crippen LogP contribution in [-0.2, 0) is 4.79 Å². The molecule has 0 spiro atoms. The van der Waals surface area contributed by atoms with E-state index in [4.69, 9.17) is 5.73 Å². The molecule has 4 heterocycles. The Morgan fingerprint density at radius 2 is 2.19 bits per heavy atom. The molecule has 2 bridgehead atoms. The van der Waals surface area contributed by atoms with E-state index in [1.165, 1.54) is 6.92 Å². The molecule has 3 atom stereocenters. The Kier molecular flexibility index (Phi) is 4.10. The maximum absolute atomic E-state index is 12.5. The molecule has 2 aliphatic heterocycles. The Balaban J connectivity index is 1.72. The first-order valence-electron chi connectivity index (χ1n) is 8.82. The van der Waals surface area contributed by atoms with Crippen molar-refractivity contribution in [3.63, 3.8) is 0 Å². The van der Waals surface area contributed by atoms with Crippen molar-refractivity contribution in [2.75, 3.05) is 30.3 Å². The number of nitrogens with two attached hydrogens (primary N) is 1. The summed E-state index contributed by atoms with van der Waals surface area (Å²) >= 11 is 0. The predicted octanol–water partition coefficient (Wildman–Crippen LogP) is 0.521. The molecule has 1 amide bonds. The highest BCUT2D eigenvalue weighted by atomic mass is 16.1. The van der Waals surface area contributed by atoms with Crippen LogP contribution in [0.1, 0.15) is 31.0 Å². The SMILES string of the molecule is CC(=O)NC[C@H]1[C@H]2C[C@H](CN(c3nccc(N)n3)C2)c2cccc(=O)n21. The minimum absolute atomic E-state index is 0.0128. The lowest BCUT2D eigenvalue weighted by Crippen LogP contribution is -2.52. The molecule has 1 fully saturated rings. The molecule has 1 saturated heterocycles. The normalized spacial score (nSPS) is 24.0. The second-order valence-corrected chi connectivity index (χ2v) is 7.04. The highest BCUT2D eigenvalue weighted by molar-refractivity contribution is 5.72. The van der Waals surface area contributed by atoms with Gasteiger partial charge >= 0.3 is 0 Å². The molecule has 8 nitrogen and oxygen atoms in total. The molecule has 26 heavy (non-hydrogen) atoms.